The number of halogens is 2. The Morgan fingerprint density at radius 3 is 1.66 bits per heavy atom. The maximum atomic E-state index is 11.2. The lowest BCUT2D eigenvalue weighted by atomic mass is 9.73. The highest BCUT2D eigenvalue weighted by Gasteiger charge is 2.47. The van der Waals surface area contributed by atoms with Crippen molar-refractivity contribution in [2.24, 2.45) is 27.0 Å². The van der Waals surface area contributed by atoms with Gasteiger partial charge in [0.2, 0.25) is 11.9 Å². The normalized spacial score (nSPS) is 21.2. The number of hydrogen-bond acceptors (Lipinski definition) is 22. The number of nitrogens with two attached hydrogens (primary N) is 1. The molecule has 0 amide bonds. The SMILES string of the molecule is C.C.COc1ccc([C@@H](C)N[C@@H]2CCCC23CCN(c2nc4ncc(Br)nc4[nH]2)CC3)cc1.COc1ccc([C@@H](C)N[C@@H]2CCCC23CCNCC3)cc1.CS(=O)(=O)C1=Nc2ncc(Br)nc2C1.N[C@@H]1CCCC12CCN(c1nc3ncc(N4CCCc5ncccc54)nc3[nH]1)CC2.c1cnc2c(c1)CCCC2. The number of aliphatic imine (C=N–C) groups is 1. The van der Waals surface area contributed by atoms with Crippen LogP contribution in [0.25, 0.3) is 22.6 Å². The quantitative estimate of drug-likeness (QED) is 0.0701. The number of imidazole rings is 2. The van der Waals surface area contributed by atoms with Gasteiger partial charge in [0.25, 0.3) is 0 Å². The first-order valence-electron chi connectivity index (χ1n) is 38.3. The highest BCUT2D eigenvalue weighted by atomic mass is 79.9. The predicted octanol–water partition coefficient (Wildman–Crippen LogP) is 14.9. The van der Waals surface area contributed by atoms with Gasteiger partial charge in [-0.15, -0.1) is 0 Å². The van der Waals surface area contributed by atoms with Gasteiger partial charge in [0.1, 0.15) is 25.7 Å². The summed E-state index contributed by atoms with van der Waals surface area (Å²) in [6, 6.07) is 27.6. The lowest BCUT2D eigenvalue weighted by Gasteiger charge is -2.44. The second-order valence-corrected chi connectivity index (χ2v) is 34.0. The van der Waals surface area contributed by atoms with Gasteiger partial charge in [0, 0.05) is 93.7 Å². The summed E-state index contributed by atoms with van der Waals surface area (Å²) in [7, 11) is 0.201. The van der Waals surface area contributed by atoms with Crippen LogP contribution in [0, 0.1) is 16.2 Å². The number of aryl methyl sites for hydroxylation is 3. The number of methoxy groups -OCH3 is 2. The van der Waals surface area contributed by atoms with Gasteiger partial charge < -0.3 is 55.8 Å². The summed E-state index contributed by atoms with van der Waals surface area (Å²) in [5, 5.41) is 11.5. The molecule has 3 saturated carbocycles. The Labute approximate surface area is 654 Å². The first kappa shape index (κ1) is 79.9. The molecule has 7 N–H and O–H groups in total. The standard InChI is InChI=1S/C23H29BrN6O.C22H28N8.C18H28N2O.C9H11N.C7H6BrN3O2S.2CH4/c1-15(16-5-7-17(31-2)8-6-16)26-18-4-3-9-23(18)10-12-30(13-11-23)22-28-20-21(29-22)27-19(24)14-25-20;23-17-6-1-7-22(17)8-12-29(13-9-22)21-27-19-20(28-21)26-18(14-25-19)30-11-3-4-15-16(30)5-2-10-24-15;1-14(15-5-7-16(21-2)8-6-15)20-17-4-3-9-18(17)10-12-19-13-11-18;1-2-6-9-8(4-1)5-3-7-10-9;1-14(12,13)6-2-4-7(11-6)9-3-5(8)10-4;;/h5-8,14-15,18,26H,3-4,9-13H2,1-2H3,(H,25,27,28,29);2,5,10,14,17H,1,3-4,6-9,11-13,23H2,(H,25,26,27,28);5-8,14,17,19-20H,3-4,9-13H2,1-2H3;3,5,7H,1-2,4,6H2;3H,2H2,1H3;2*1H4/t15-,18-;17-;14-,17-;;;;/m111..../s1. The van der Waals surface area contributed by atoms with Gasteiger partial charge in [-0.3, -0.25) is 9.97 Å². The molecule has 108 heavy (non-hydrogen) atoms. The lowest BCUT2D eigenvalue weighted by molar-refractivity contribution is 0.152. The van der Waals surface area contributed by atoms with Crippen molar-refractivity contribution >= 4 is 98.5 Å². The number of nitrogens with zero attached hydrogens (tertiary/aromatic N) is 14. The summed E-state index contributed by atoms with van der Waals surface area (Å²) >= 11 is 6.54. The fourth-order valence-corrected chi connectivity index (χ4v) is 19.1. The number of rotatable bonds is 11. The maximum Gasteiger partial charge on any atom is 0.206 e. The first-order valence-corrected chi connectivity index (χ1v) is 41.7. The van der Waals surface area contributed by atoms with Crippen LogP contribution in [0.4, 0.5) is 29.2 Å². The van der Waals surface area contributed by atoms with Crippen molar-refractivity contribution in [3.63, 3.8) is 0 Å². The summed E-state index contributed by atoms with van der Waals surface area (Å²) in [5.41, 5.74) is 18.9. The van der Waals surface area contributed by atoms with Crippen molar-refractivity contribution in [1.29, 1.82) is 0 Å². The van der Waals surface area contributed by atoms with Crippen LogP contribution in [-0.2, 0) is 35.5 Å². The summed E-state index contributed by atoms with van der Waals surface area (Å²) in [6.07, 6.45) is 36.4. The van der Waals surface area contributed by atoms with Crippen LogP contribution in [0.2, 0.25) is 0 Å². The Kier molecular flexibility index (Phi) is 26.3. The van der Waals surface area contributed by atoms with Crippen molar-refractivity contribution in [2.45, 2.75) is 200 Å². The van der Waals surface area contributed by atoms with Crippen LogP contribution in [0.15, 0.2) is 118 Å². The molecule has 9 aromatic rings. The second kappa shape index (κ2) is 35.6. The Hall–Kier alpha value is -7.66. The van der Waals surface area contributed by atoms with Gasteiger partial charge in [-0.25, -0.2) is 43.3 Å². The highest BCUT2D eigenvalue weighted by Crippen LogP contribution is 2.50. The van der Waals surface area contributed by atoms with Crippen molar-refractivity contribution in [3.8, 4) is 11.5 Å². The Morgan fingerprint density at radius 1 is 0.556 bits per heavy atom. The zero-order valence-electron chi connectivity index (χ0n) is 61.8. The van der Waals surface area contributed by atoms with Crippen molar-refractivity contribution in [2.75, 3.05) is 81.0 Å². The molecule has 0 bridgehead atoms. The lowest BCUT2D eigenvalue weighted by Crippen LogP contribution is -2.49. The van der Waals surface area contributed by atoms with Gasteiger partial charge in [-0.2, -0.15) is 9.97 Å². The number of nitrogens with one attached hydrogen (secondary N) is 5. The molecule has 2 aromatic carbocycles. The minimum absolute atomic E-state index is 0. The molecule has 0 radical (unpaired) electrons. The van der Waals surface area contributed by atoms with E-state index in [1.165, 1.54) is 151 Å². The molecule has 12 heterocycles. The Balaban J connectivity index is 0.000000132. The van der Waals surface area contributed by atoms with E-state index in [1.54, 1.807) is 20.4 Å². The van der Waals surface area contributed by atoms with E-state index in [0.717, 1.165) is 121 Å². The average Bonchev–Trinajstić information content (AvgIpc) is 1.61. The highest BCUT2D eigenvalue weighted by molar-refractivity contribution is 9.10. The molecule has 3 saturated heterocycles. The molecule has 9 aliphatic rings. The largest absolute Gasteiger partial charge is 0.497 e. The van der Waals surface area contributed by atoms with E-state index < -0.39 is 9.84 Å². The molecule has 5 atom stereocenters. The number of benzene rings is 2. The van der Waals surface area contributed by atoms with E-state index in [4.69, 9.17) is 25.2 Å². The molecule has 0 unspecified atom stereocenters. The topological polar surface area (TPSA) is 297 Å². The number of aromatic nitrogens is 12. The van der Waals surface area contributed by atoms with E-state index in [-0.39, 0.29) is 26.3 Å². The monoisotopic (exact) mass is 1620 g/mol. The molecule has 18 rings (SSSR count). The van der Waals surface area contributed by atoms with Crippen LogP contribution < -0.4 is 45.9 Å². The second-order valence-electron chi connectivity index (χ2n) is 30.4. The fourth-order valence-electron chi connectivity index (χ4n) is 17.9. The van der Waals surface area contributed by atoms with Crippen LogP contribution in [0.3, 0.4) is 0 Å². The third-order valence-corrected chi connectivity index (χ3v) is 25.9. The van der Waals surface area contributed by atoms with E-state index in [2.05, 4.69) is 180 Å². The zero-order chi connectivity index (χ0) is 73.4. The number of pyridine rings is 2. The zero-order valence-corrected chi connectivity index (χ0v) is 65.8. The molecule has 27 heteroatoms. The van der Waals surface area contributed by atoms with E-state index in [9.17, 15) is 8.42 Å². The van der Waals surface area contributed by atoms with Crippen LogP contribution in [-0.4, -0.2) is 158 Å². The fraction of sp³-hybridized carbons (Fsp3) is 0.543. The number of ether oxygens (including phenoxy) is 2. The molecular weight excluding hydrogens is 1510 g/mol. The number of piperidine rings is 3. The third kappa shape index (κ3) is 18.4. The number of aromatic amines is 2. The average molecular weight is 1620 g/mol. The van der Waals surface area contributed by atoms with Crippen LogP contribution in [0.1, 0.15) is 190 Å². The summed E-state index contributed by atoms with van der Waals surface area (Å²) in [5.74, 6) is 4.85. The van der Waals surface area contributed by atoms with Crippen molar-refractivity contribution < 1.29 is 17.9 Å². The van der Waals surface area contributed by atoms with Crippen LogP contribution >= 0.6 is 31.9 Å². The van der Waals surface area contributed by atoms with Gasteiger partial charge in [-0.1, -0.05) is 64.4 Å². The Bertz CT molecular complexity index is 4570. The molecule has 5 aliphatic heterocycles. The van der Waals surface area contributed by atoms with Gasteiger partial charge in [0.05, 0.1) is 49.9 Å². The third-order valence-electron chi connectivity index (χ3n) is 24.1. The smallest absolute Gasteiger partial charge is 0.206 e. The molecule has 4 aliphatic carbocycles. The first-order chi connectivity index (χ1) is 51.4. The van der Waals surface area contributed by atoms with E-state index in [1.807, 2.05) is 42.9 Å². The number of sulfone groups is 1. The van der Waals surface area contributed by atoms with E-state index in [0.29, 0.717) is 73.9 Å². The number of fused-ring (bicyclic) bond motifs is 5. The van der Waals surface area contributed by atoms with Crippen LogP contribution in [0.5, 0.6) is 11.5 Å². The number of anilines is 4. The van der Waals surface area contributed by atoms with Gasteiger partial charge >= 0.3 is 0 Å². The molecule has 3 spiro atoms. The van der Waals surface area contributed by atoms with Gasteiger partial charge in [-0.05, 0) is 250 Å². The van der Waals surface area contributed by atoms with Crippen molar-refractivity contribution in [1.82, 2.24) is 75.8 Å². The summed E-state index contributed by atoms with van der Waals surface area (Å²) in [6.45, 7) is 11.9. The number of H-pyrrole nitrogens is 2. The molecule has 7 aromatic heterocycles. The molecular formula is C81H110Br2N20O4S. The van der Waals surface area contributed by atoms with E-state index >= 15 is 0 Å². The summed E-state index contributed by atoms with van der Waals surface area (Å²) < 4.78 is 34.2. The maximum absolute atomic E-state index is 11.2. The number of hydrogen-bond donors (Lipinski definition) is 6. The summed E-state index contributed by atoms with van der Waals surface area (Å²) in [4.78, 5) is 62.1. The predicted molar refractivity (Wildman–Crippen MR) is 439 cm³/mol. The Morgan fingerprint density at radius 2 is 1.07 bits per heavy atom. The van der Waals surface area contributed by atoms with Crippen molar-refractivity contribution in [3.05, 3.63) is 147 Å². The minimum atomic E-state index is -3.23. The molecule has 6 fully saturated rings. The minimum Gasteiger partial charge on any atom is -0.497 e. The van der Waals surface area contributed by atoms with Gasteiger partial charge in [0.15, 0.2) is 44.1 Å². The molecule has 578 valence electrons. The molecule has 24 nitrogen and oxygen atoms in total.